The Labute approximate surface area is 179 Å². The van der Waals surface area contributed by atoms with Gasteiger partial charge in [-0.3, -0.25) is 4.79 Å². The number of amides is 1. The van der Waals surface area contributed by atoms with E-state index >= 15 is 0 Å². The fourth-order valence-corrected chi connectivity index (χ4v) is 3.24. The highest BCUT2D eigenvalue weighted by Gasteiger charge is 2.20. The number of carbonyl (C=O) groups is 1. The topological polar surface area (TPSA) is 97.3 Å². The first-order valence-corrected chi connectivity index (χ1v) is 10.5. The van der Waals surface area contributed by atoms with Crippen LogP contribution in [0.5, 0.6) is 5.75 Å². The second-order valence-corrected chi connectivity index (χ2v) is 8.83. The molecule has 0 radical (unpaired) electrons. The number of halogens is 2. The van der Waals surface area contributed by atoms with Crippen LogP contribution in [0.15, 0.2) is 52.5 Å². The maximum Gasteiger partial charge on any atom is 0.387 e. The number of anilines is 1. The molecule has 0 fully saturated rings. The van der Waals surface area contributed by atoms with E-state index in [1.807, 2.05) is 0 Å². The monoisotopic (exact) mass is 455 g/mol. The molecule has 0 aromatic heterocycles. The van der Waals surface area contributed by atoms with Gasteiger partial charge < -0.3 is 14.9 Å². The number of sulfonamides is 1. The fourth-order valence-electron chi connectivity index (χ4n) is 2.31. The average Bonchev–Trinajstić information content (AvgIpc) is 2.70. The van der Waals surface area contributed by atoms with Crippen LogP contribution in [-0.4, -0.2) is 51.7 Å². The highest BCUT2D eigenvalue weighted by molar-refractivity contribution is 7.89. The Bertz CT molecular complexity index is 1040. The molecule has 11 heteroatoms. The van der Waals surface area contributed by atoms with Crippen molar-refractivity contribution in [2.75, 3.05) is 19.4 Å². The molecular formula is C20H23F2N3O5S. The molecule has 1 N–H and O–H groups in total. The quantitative estimate of drug-likeness (QED) is 0.463. The van der Waals surface area contributed by atoms with Gasteiger partial charge in [-0.15, -0.1) is 0 Å². The van der Waals surface area contributed by atoms with Gasteiger partial charge in [-0.05, 0) is 61.4 Å². The summed E-state index contributed by atoms with van der Waals surface area (Å²) in [5.74, 6) is -0.518. The summed E-state index contributed by atoms with van der Waals surface area (Å²) in [7, 11) is -0.815. The van der Waals surface area contributed by atoms with E-state index in [1.54, 1.807) is 13.0 Å². The summed E-state index contributed by atoms with van der Waals surface area (Å²) in [6.45, 7) is 0.295. The van der Waals surface area contributed by atoms with Gasteiger partial charge in [0.2, 0.25) is 16.1 Å². The summed E-state index contributed by atoms with van der Waals surface area (Å²) in [4.78, 5) is 17.6. The van der Waals surface area contributed by atoms with Crippen molar-refractivity contribution in [2.45, 2.75) is 31.5 Å². The molecule has 0 heterocycles. The fraction of sp³-hybridized carbons (Fsp3) is 0.300. The van der Waals surface area contributed by atoms with Crippen LogP contribution in [0, 0.1) is 6.92 Å². The maximum atomic E-state index is 12.4. The lowest BCUT2D eigenvalue weighted by molar-refractivity contribution is -0.126. The van der Waals surface area contributed by atoms with Crippen LogP contribution in [-0.2, 0) is 19.7 Å². The summed E-state index contributed by atoms with van der Waals surface area (Å²) in [5, 5.41) is 6.35. The number of alkyl halides is 2. The Morgan fingerprint density at radius 2 is 1.81 bits per heavy atom. The molecule has 1 atom stereocenters. The predicted octanol–water partition coefficient (Wildman–Crippen LogP) is 3.22. The van der Waals surface area contributed by atoms with Gasteiger partial charge in [0.25, 0.3) is 5.91 Å². The van der Waals surface area contributed by atoms with Gasteiger partial charge in [-0.1, -0.05) is 11.2 Å². The Hall–Kier alpha value is -3.05. The smallest absolute Gasteiger partial charge is 0.387 e. The molecule has 2 rings (SSSR count). The highest BCUT2D eigenvalue weighted by Crippen LogP contribution is 2.22. The van der Waals surface area contributed by atoms with Gasteiger partial charge >= 0.3 is 6.61 Å². The minimum Gasteiger partial charge on any atom is -0.435 e. The van der Waals surface area contributed by atoms with Crippen LogP contribution in [0.4, 0.5) is 14.5 Å². The van der Waals surface area contributed by atoms with Gasteiger partial charge in [0.15, 0.2) is 0 Å². The minimum absolute atomic E-state index is 0.00898. The van der Waals surface area contributed by atoms with Crippen molar-refractivity contribution in [3.63, 3.8) is 0 Å². The molecule has 0 saturated carbocycles. The summed E-state index contributed by atoms with van der Waals surface area (Å²) < 4.78 is 54.2. The van der Waals surface area contributed by atoms with Gasteiger partial charge in [0.05, 0.1) is 11.1 Å². The van der Waals surface area contributed by atoms with Crippen LogP contribution < -0.4 is 10.1 Å². The van der Waals surface area contributed by atoms with Crippen LogP contribution in [0.1, 0.15) is 18.1 Å². The van der Waals surface area contributed by atoms with Crippen LogP contribution in [0.25, 0.3) is 0 Å². The van der Waals surface area contributed by atoms with E-state index in [1.165, 1.54) is 63.6 Å². The number of carbonyl (C=O) groups excluding carboxylic acids is 1. The second-order valence-electron chi connectivity index (χ2n) is 6.68. The Balaban J connectivity index is 2.00. The summed E-state index contributed by atoms with van der Waals surface area (Å²) >= 11 is 0. The van der Waals surface area contributed by atoms with Gasteiger partial charge in [-0.25, -0.2) is 12.7 Å². The van der Waals surface area contributed by atoms with E-state index < -0.39 is 28.6 Å². The van der Waals surface area contributed by atoms with Crippen LogP contribution >= 0.6 is 0 Å². The maximum absolute atomic E-state index is 12.4. The Morgan fingerprint density at radius 1 is 1.16 bits per heavy atom. The first kappa shape index (κ1) is 24.2. The Morgan fingerprint density at radius 3 is 2.39 bits per heavy atom. The van der Waals surface area contributed by atoms with Crippen LogP contribution in [0.3, 0.4) is 0 Å². The molecule has 31 heavy (non-hydrogen) atoms. The highest BCUT2D eigenvalue weighted by atomic mass is 32.2. The standard InChI is InChI=1S/C20H23F2N3O5S/c1-13-5-10-17(31(27,28)25(3)4)11-18(13)24-19(26)14(2)30-23-12-15-6-8-16(9-7-15)29-20(21)22/h5-12,14,20H,1-4H3,(H,24,26)/b23-12+. The molecule has 0 aliphatic heterocycles. The molecular weight excluding hydrogens is 432 g/mol. The van der Waals surface area contributed by atoms with Crippen molar-refractivity contribution >= 4 is 27.8 Å². The molecule has 168 valence electrons. The second kappa shape index (κ2) is 10.3. The van der Waals surface area contributed by atoms with E-state index in [9.17, 15) is 22.0 Å². The van der Waals surface area contributed by atoms with Crippen molar-refractivity contribution in [2.24, 2.45) is 5.16 Å². The lowest BCUT2D eigenvalue weighted by Crippen LogP contribution is -2.27. The normalized spacial score (nSPS) is 12.9. The number of rotatable bonds is 9. The SMILES string of the molecule is Cc1ccc(S(=O)(=O)N(C)C)cc1NC(=O)C(C)O/N=C/c1ccc(OC(F)F)cc1. The third-order valence-electron chi connectivity index (χ3n) is 4.14. The molecule has 2 aromatic carbocycles. The van der Waals surface area contributed by atoms with Crippen molar-refractivity contribution in [1.29, 1.82) is 0 Å². The molecule has 1 unspecified atom stereocenters. The lowest BCUT2D eigenvalue weighted by atomic mass is 10.2. The number of hydrogen-bond acceptors (Lipinski definition) is 6. The lowest BCUT2D eigenvalue weighted by Gasteiger charge is -2.15. The molecule has 2 aromatic rings. The molecule has 0 bridgehead atoms. The van der Waals surface area contributed by atoms with Gasteiger partial charge in [0, 0.05) is 19.8 Å². The van der Waals surface area contributed by atoms with E-state index in [0.29, 0.717) is 16.8 Å². The summed E-state index contributed by atoms with van der Waals surface area (Å²) in [6, 6.07) is 10.1. The minimum atomic E-state index is -3.65. The largest absolute Gasteiger partial charge is 0.435 e. The van der Waals surface area contributed by atoms with E-state index in [-0.39, 0.29) is 10.6 Å². The zero-order valence-corrected chi connectivity index (χ0v) is 18.2. The average molecular weight is 455 g/mol. The molecule has 0 spiro atoms. The molecule has 0 aliphatic rings. The molecule has 0 saturated heterocycles. The summed E-state index contributed by atoms with van der Waals surface area (Å²) in [5.41, 5.74) is 1.56. The van der Waals surface area contributed by atoms with Crippen molar-refractivity contribution in [1.82, 2.24) is 4.31 Å². The van der Waals surface area contributed by atoms with Gasteiger partial charge in [0.1, 0.15) is 5.75 Å². The number of nitrogens with zero attached hydrogens (tertiary/aromatic N) is 2. The van der Waals surface area contributed by atoms with Crippen LogP contribution in [0.2, 0.25) is 0 Å². The number of aryl methyl sites for hydroxylation is 1. The number of benzene rings is 2. The van der Waals surface area contributed by atoms with E-state index in [2.05, 4.69) is 15.2 Å². The zero-order valence-electron chi connectivity index (χ0n) is 17.4. The predicted molar refractivity (Wildman–Crippen MR) is 112 cm³/mol. The van der Waals surface area contributed by atoms with Crippen molar-refractivity contribution in [3.05, 3.63) is 53.6 Å². The molecule has 8 nitrogen and oxygen atoms in total. The van der Waals surface area contributed by atoms with Gasteiger partial charge in [-0.2, -0.15) is 8.78 Å². The number of ether oxygens (including phenoxy) is 1. The molecule has 1 amide bonds. The van der Waals surface area contributed by atoms with Crippen molar-refractivity contribution in [3.8, 4) is 5.75 Å². The zero-order chi connectivity index (χ0) is 23.2. The number of oxime groups is 1. The first-order valence-electron chi connectivity index (χ1n) is 9.09. The first-order chi connectivity index (χ1) is 14.5. The number of nitrogens with one attached hydrogen (secondary N) is 1. The van der Waals surface area contributed by atoms with E-state index in [4.69, 9.17) is 4.84 Å². The third kappa shape index (κ3) is 6.72. The van der Waals surface area contributed by atoms with E-state index in [0.717, 1.165) is 4.31 Å². The number of hydrogen-bond donors (Lipinski definition) is 1. The third-order valence-corrected chi connectivity index (χ3v) is 5.95. The summed E-state index contributed by atoms with van der Waals surface area (Å²) in [6.07, 6.45) is 0.331. The Kier molecular flexibility index (Phi) is 8.06. The van der Waals surface area contributed by atoms with Crippen molar-refractivity contribution < 1.29 is 31.6 Å². The molecule has 0 aliphatic carbocycles.